The molecule has 0 aromatic carbocycles. The Balaban J connectivity index is 1.98. The number of nitrogens with zero attached hydrogens (tertiary/aromatic N) is 2. The molecule has 1 heterocycles. The molecule has 2 rings (SSSR count). The molecule has 0 saturated carbocycles. The van der Waals surface area contributed by atoms with Crippen LogP contribution in [-0.2, 0) is 0 Å². The molecule has 0 spiro atoms. The minimum atomic E-state index is 0.493. The van der Waals surface area contributed by atoms with Gasteiger partial charge in [0.1, 0.15) is 0 Å². The van der Waals surface area contributed by atoms with Crippen LogP contribution in [0.15, 0.2) is 47.9 Å². The predicted molar refractivity (Wildman–Crippen MR) is 59.1 cm³/mol. The number of rotatable bonds is 3. The molecular weight excluding hydrogens is 192 g/mol. The SMILES string of the molecule is CC(Sc1ncccn1)C1C=CC=C1. The summed E-state index contributed by atoms with van der Waals surface area (Å²) >= 11 is 1.72. The molecule has 72 valence electrons. The number of hydrogen-bond acceptors (Lipinski definition) is 3. The number of hydrogen-bond donors (Lipinski definition) is 0. The minimum absolute atomic E-state index is 0.493. The summed E-state index contributed by atoms with van der Waals surface area (Å²) in [5.74, 6) is 0.517. The molecule has 0 fully saturated rings. The van der Waals surface area contributed by atoms with Gasteiger partial charge in [-0.3, -0.25) is 0 Å². The van der Waals surface area contributed by atoms with Crippen molar-refractivity contribution in [3.8, 4) is 0 Å². The summed E-state index contributed by atoms with van der Waals surface area (Å²) in [5, 5.41) is 1.35. The molecule has 1 aromatic heterocycles. The van der Waals surface area contributed by atoms with Gasteiger partial charge in [0.25, 0.3) is 0 Å². The molecule has 0 amide bonds. The minimum Gasteiger partial charge on any atom is -0.231 e. The topological polar surface area (TPSA) is 25.8 Å². The lowest BCUT2D eigenvalue weighted by Gasteiger charge is -2.13. The summed E-state index contributed by atoms with van der Waals surface area (Å²) in [5.41, 5.74) is 0. The maximum absolute atomic E-state index is 4.19. The highest BCUT2D eigenvalue weighted by atomic mass is 32.2. The lowest BCUT2D eigenvalue weighted by Crippen LogP contribution is -2.07. The molecule has 1 aromatic rings. The Kier molecular flexibility index (Phi) is 2.99. The second kappa shape index (κ2) is 4.42. The Hall–Kier alpha value is -1.09. The third kappa shape index (κ3) is 2.23. The molecule has 1 aliphatic carbocycles. The van der Waals surface area contributed by atoms with E-state index in [2.05, 4.69) is 41.2 Å². The highest BCUT2D eigenvalue weighted by Gasteiger charge is 2.15. The largest absolute Gasteiger partial charge is 0.231 e. The van der Waals surface area contributed by atoms with Gasteiger partial charge in [-0.1, -0.05) is 43.0 Å². The van der Waals surface area contributed by atoms with Crippen molar-refractivity contribution < 1.29 is 0 Å². The fourth-order valence-electron chi connectivity index (χ4n) is 1.35. The van der Waals surface area contributed by atoms with E-state index in [1.54, 1.807) is 24.2 Å². The van der Waals surface area contributed by atoms with Gasteiger partial charge < -0.3 is 0 Å². The normalized spacial score (nSPS) is 17.5. The summed E-state index contributed by atoms with van der Waals surface area (Å²) in [7, 11) is 0. The zero-order valence-electron chi connectivity index (χ0n) is 8.00. The van der Waals surface area contributed by atoms with Crippen molar-refractivity contribution in [2.75, 3.05) is 0 Å². The van der Waals surface area contributed by atoms with Crippen LogP contribution >= 0.6 is 11.8 Å². The summed E-state index contributed by atoms with van der Waals surface area (Å²) in [4.78, 5) is 8.39. The molecule has 2 nitrogen and oxygen atoms in total. The lowest BCUT2D eigenvalue weighted by atomic mass is 10.1. The van der Waals surface area contributed by atoms with Gasteiger partial charge in [0.15, 0.2) is 5.16 Å². The molecule has 0 aliphatic heterocycles. The number of aromatic nitrogens is 2. The van der Waals surface area contributed by atoms with Gasteiger partial charge in [0.2, 0.25) is 0 Å². The maximum atomic E-state index is 4.19. The van der Waals surface area contributed by atoms with E-state index in [4.69, 9.17) is 0 Å². The molecule has 1 aliphatic rings. The Labute approximate surface area is 88.2 Å². The van der Waals surface area contributed by atoms with Crippen molar-refractivity contribution in [1.82, 2.24) is 9.97 Å². The summed E-state index contributed by atoms with van der Waals surface area (Å²) in [6.45, 7) is 2.20. The van der Waals surface area contributed by atoms with Crippen molar-refractivity contribution in [1.29, 1.82) is 0 Å². The number of thioether (sulfide) groups is 1. The first-order chi connectivity index (χ1) is 6.86. The molecule has 0 N–H and O–H groups in total. The second-order valence-corrected chi connectivity index (χ2v) is 4.55. The van der Waals surface area contributed by atoms with Crippen molar-refractivity contribution in [2.45, 2.75) is 17.3 Å². The van der Waals surface area contributed by atoms with E-state index >= 15 is 0 Å². The van der Waals surface area contributed by atoms with E-state index in [0.717, 1.165) is 5.16 Å². The smallest absolute Gasteiger partial charge is 0.187 e. The quantitative estimate of drug-likeness (QED) is 0.559. The predicted octanol–water partition coefficient (Wildman–Crippen LogP) is 2.70. The summed E-state index contributed by atoms with van der Waals surface area (Å²) in [6.07, 6.45) is 12.2. The Morgan fingerprint density at radius 2 is 1.86 bits per heavy atom. The highest BCUT2D eigenvalue weighted by molar-refractivity contribution is 7.99. The van der Waals surface area contributed by atoms with E-state index in [-0.39, 0.29) is 0 Å². The van der Waals surface area contributed by atoms with Crippen LogP contribution in [0, 0.1) is 5.92 Å². The van der Waals surface area contributed by atoms with Crippen LogP contribution in [0.5, 0.6) is 0 Å². The average Bonchev–Trinajstić information content (AvgIpc) is 2.72. The van der Waals surface area contributed by atoms with Crippen molar-refractivity contribution in [3.05, 3.63) is 42.8 Å². The van der Waals surface area contributed by atoms with Crippen molar-refractivity contribution in [3.63, 3.8) is 0 Å². The van der Waals surface area contributed by atoms with Crippen molar-refractivity contribution >= 4 is 11.8 Å². The lowest BCUT2D eigenvalue weighted by molar-refractivity contribution is 0.797. The van der Waals surface area contributed by atoms with Gasteiger partial charge in [0, 0.05) is 23.6 Å². The molecule has 0 saturated heterocycles. The Morgan fingerprint density at radius 3 is 2.50 bits per heavy atom. The molecule has 14 heavy (non-hydrogen) atoms. The average molecular weight is 204 g/mol. The van der Waals surface area contributed by atoms with Gasteiger partial charge in [0.05, 0.1) is 0 Å². The summed E-state index contributed by atoms with van der Waals surface area (Å²) < 4.78 is 0. The van der Waals surface area contributed by atoms with Crippen LogP contribution in [0.4, 0.5) is 0 Å². The highest BCUT2D eigenvalue weighted by Crippen LogP contribution is 2.28. The Bertz CT molecular complexity index is 334. The van der Waals surface area contributed by atoms with Crippen LogP contribution in [0.2, 0.25) is 0 Å². The molecule has 3 heteroatoms. The van der Waals surface area contributed by atoms with Gasteiger partial charge in [-0.25, -0.2) is 9.97 Å². The summed E-state index contributed by atoms with van der Waals surface area (Å²) in [6, 6.07) is 1.84. The first kappa shape index (κ1) is 9.46. The van der Waals surface area contributed by atoms with Crippen LogP contribution in [0.1, 0.15) is 6.92 Å². The standard InChI is InChI=1S/C11H12N2S/c1-9(10-5-2-3-6-10)14-11-12-7-4-8-13-11/h2-10H,1H3. The van der Waals surface area contributed by atoms with E-state index in [1.165, 1.54) is 0 Å². The van der Waals surface area contributed by atoms with Crippen LogP contribution in [-0.4, -0.2) is 15.2 Å². The third-order valence-corrected chi connectivity index (χ3v) is 3.26. The van der Waals surface area contributed by atoms with Crippen LogP contribution in [0.3, 0.4) is 0 Å². The third-order valence-electron chi connectivity index (χ3n) is 2.15. The Morgan fingerprint density at radius 1 is 1.21 bits per heavy atom. The molecule has 0 radical (unpaired) electrons. The van der Waals surface area contributed by atoms with Gasteiger partial charge >= 0.3 is 0 Å². The van der Waals surface area contributed by atoms with Gasteiger partial charge in [-0.2, -0.15) is 0 Å². The van der Waals surface area contributed by atoms with E-state index in [0.29, 0.717) is 11.2 Å². The zero-order valence-corrected chi connectivity index (χ0v) is 8.82. The van der Waals surface area contributed by atoms with Crippen LogP contribution in [0.25, 0.3) is 0 Å². The fourth-order valence-corrected chi connectivity index (χ4v) is 2.27. The van der Waals surface area contributed by atoms with Gasteiger partial charge in [-0.05, 0) is 6.07 Å². The van der Waals surface area contributed by atoms with Gasteiger partial charge in [-0.15, -0.1) is 0 Å². The molecule has 1 atom stereocenters. The van der Waals surface area contributed by atoms with E-state index < -0.39 is 0 Å². The van der Waals surface area contributed by atoms with Crippen molar-refractivity contribution in [2.24, 2.45) is 5.92 Å². The fraction of sp³-hybridized carbons (Fsp3) is 0.273. The molecular formula is C11H12N2S. The number of allylic oxidation sites excluding steroid dienone is 4. The maximum Gasteiger partial charge on any atom is 0.187 e. The monoisotopic (exact) mass is 204 g/mol. The molecule has 1 unspecified atom stereocenters. The first-order valence-corrected chi connectivity index (χ1v) is 5.53. The van der Waals surface area contributed by atoms with Crippen LogP contribution < -0.4 is 0 Å². The zero-order chi connectivity index (χ0) is 9.80. The van der Waals surface area contributed by atoms with E-state index in [9.17, 15) is 0 Å². The molecule has 0 bridgehead atoms. The second-order valence-electron chi connectivity index (χ2n) is 3.20. The van der Waals surface area contributed by atoms with E-state index in [1.807, 2.05) is 6.07 Å². The first-order valence-electron chi connectivity index (χ1n) is 4.65.